The Kier molecular flexibility index (Phi) is 7.94. The van der Waals surface area contributed by atoms with E-state index in [2.05, 4.69) is 5.32 Å². The molecule has 0 bridgehead atoms. The third-order valence-corrected chi connectivity index (χ3v) is 6.50. The Morgan fingerprint density at radius 1 is 0.775 bits per heavy atom. The number of hydrogen-bond acceptors (Lipinski definition) is 5. The Bertz CT molecular complexity index is 1580. The van der Waals surface area contributed by atoms with Gasteiger partial charge in [0.25, 0.3) is 11.8 Å². The summed E-state index contributed by atoms with van der Waals surface area (Å²) in [5, 5.41) is 2.88. The van der Waals surface area contributed by atoms with Crippen LogP contribution in [0.1, 0.15) is 22.3 Å². The van der Waals surface area contributed by atoms with Crippen LogP contribution in [-0.4, -0.2) is 17.8 Å². The largest absolute Gasteiger partial charge is 0.489 e. The molecule has 40 heavy (non-hydrogen) atoms. The van der Waals surface area contributed by atoms with E-state index in [1.54, 1.807) is 60.7 Å². The van der Waals surface area contributed by atoms with Gasteiger partial charge in [-0.1, -0.05) is 71.8 Å². The quantitative estimate of drug-likeness (QED) is 0.200. The number of para-hydroxylation sites is 1. The second kappa shape index (κ2) is 11.9. The summed E-state index contributed by atoms with van der Waals surface area (Å²) in [6.07, 6.45) is 1.42. The average Bonchev–Trinajstić information content (AvgIpc) is 2.96. The zero-order valence-corrected chi connectivity index (χ0v) is 22.4. The topological polar surface area (TPSA) is 84.9 Å². The van der Waals surface area contributed by atoms with Crippen LogP contribution in [0.5, 0.6) is 11.5 Å². The molecule has 1 heterocycles. The summed E-state index contributed by atoms with van der Waals surface area (Å²) in [6, 6.07) is 28.0. The summed E-state index contributed by atoms with van der Waals surface area (Å²) in [6.45, 7) is 2.66. The number of imide groups is 2. The molecular weight excluding hydrogens is 528 g/mol. The van der Waals surface area contributed by atoms with Crippen molar-refractivity contribution in [3.05, 3.63) is 130 Å². The van der Waals surface area contributed by atoms with E-state index in [1.807, 2.05) is 43.3 Å². The molecule has 0 aliphatic carbocycles. The van der Waals surface area contributed by atoms with E-state index in [0.717, 1.165) is 16.0 Å². The molecule has 8 heteroatoms. The molecule has 0 spiro atoms. The fraction of sp³-hybridized carbons (Fsp3) is 0.0938. The van der Waals surface area contributed by atoms with E-state index >= 15 is 0 Å². The summed E-state index contributed by atoms with van der Waals surface area (Å²) in [7, 11) is 0. The molecule has 1 N–H and O–H groups in total. The predicted octanol–water partition coefficient (Wildman–Crippen LogP) is 6.47. The number of aryl methyl sites for hydroxylation is 1. The van der Waals surface area contributed by atoms with E-state index in [9.17, 15) is 14.4 Å². The minimum absolute atomic E-state index is 0.193. The maximum Gasteiger partial charge on any atom is 0.335 e. The van der Waals surface area contributed by atoms with Crippen LogP contribution in [0.3, 0.4) is 0 Å². The number of rotatable bonds is 8. The highest BCUT2D eigenvalue weighted by atomic mass is 35.5. The number of ether oxygens (including phenoxy) is 2. The molecule has 1 fully saturated rings. The molecular formula is C32H25ClN2O5. The zero-order chi connectivity index (χ0) is 28.1. The van der Waals surface area contributed by atoms with Crippen LogP contribution < -0.4 is 19.7 Å². The number of benzene rings is 4. The van der Waals surface area contributed by atoms with Gasteiger partial charge in [-0.15, -0.1) is 0 Å². The highest BCUT2D eigenvalue weighted by Crippen LogP contribution is 2.27. The summed E-state index contributed by atoms with van der Waals surface area (Å²) in [5.74, 6) is -0.469. The van der Waals surface area contributed by atoms with Gasteiger partial charge in [0, 0.05) is 10.6 Å². The first kappa shape index (κ1) is 26.7. The standard InChI is InChI=1S/C32H25ClN2O5/c1-21-6-8-22(9-7-21)19-39-27-16-14-26(15-17-27)35-31(37)28(30(36)34-32(35)38)18-24-4-2-3-5-29(24)40-20-23-10-12-25(33)13-11-23/h2-18H,19-20H2,1H3,(H,34,36,38)/b28-18+. The van der Waals surface area contributed by atoms with Gasteiger partial charge in [0.2, 0.25) is 0 Å². The number of carbonyl (C=O) groups is 3. The first-order chi connectivity index (χ1) is 19.4. The van der Waals surface area contributed by atoms with Crippen molar-refractivity contribution in [1.29, 1.82) is 0 Å². The van der Waals surface area contributed by atoms with Crippen LogP contribution in [0.4, 0.5) is 10.5 Å². The van der Waals surface area contributed by atoms with Gasteiger partial charge in [-0.25, -0.2) is 9.69 Å². The molecule has 200 valence electrons. The van der Waals surface area contributed by atoms with Gasteiger partial charge >= 0.3 is 6.03 Å². The van der Waals surface area contributed by atoms with Crippen molar-refractivity contribution in [2.45, 2.75) is 20.1 Å². The van der Waals surface area contributed by atoms with Gasteiger partial charge < -0.3 is 9.47 Å². The lowest BCUT2D eigenvalue weighted by molar-refractivity contribution is -0.122. The Balaban J connectivity index is 1.32. The van der Waals surface area contributed by atoms with E-state index in [1.165, 1.54) is 11.6 Å². The van der Waals surface area contributed by atoms with E-state index < -0.39 is 17.8 Å². The number of nitrogens with one attached hydrogen (secondary N) is 1. The van der Waals surface area contributed by atoms with Crippen molar-refractivity contribution in [2.24, 2.45) is 0 Å². The van der Waals surface area contributed by atoms with E-state index in [0.29, 0.717) is 34.4 Å². The van der Waals surface area contributed by atoms with Crippen molar-refractivity contribution in [1.82, 2.24) is 5.32 Å². The monoisotopic (exact) mass is 552 g/mol. The Morgan fingerprint density at radius 3 is 2.10 bits per heavy atom. The average molecular weight is 553 g/mol. The Hall–Kier alpha value is -4.88. The van der Waals surface area contributed by atoms with Gasteiger partial charge in [0.15, 0.2) is 0 Å². The van der Waals surface area contributed by atoms with Gasteiger partial charge in [-0.2, -0.15) is 0 Å². The molecule has 4 aromatic rings. The molecule has 1 saturated heterocycles. The molecule has 0 unspecified atom stereocenters. The van der Waals surface area contributed by atoms with Crippen molar-refractivity contribution >= 4 is 41.2 Å². The number of halogens is 1. The van der Waals surface area contributed by atoms with Crippen molar-refractivity contribution in [3.8, 4) is 11.5 Å². The molecule has 7 nitrogen and oxygen atoms in total. The normalized spacial score (nSPS) is 14.3. The van der Waals surface area contributed by atoms with Crippen molar-refractivity contribution in [2.75, 3.05) is 4.90 Å². The van der Waals surface area contributed by atoms with Gasteiger partial charge in [0.05, 0.1) is 5.69 Å². The van der Waals surface area contributed by atoms with Gasteiger partial charge in [-0.3, -0.25) is 14.9 Å². The van der Waals surface area contributed by atoms with Crippen LogP contribution in [0.25, 0.3) is 6.08 Å². The molecule has 0 atom stereocenters. The number of anilines is 1. The third-order valence-electron chi connectivity index (χ3n) is 6.25. The first-order valence-corrected chi connectivity index (χ1v) is 12.9. The lowest BCUT2D eigenvalue weighted by Crippen LogP contribution is -2.54. The minimum atomic E-state index is -0.826. The summed E-state index contributed by atoms with van der Waals surface area (Å²) in [4.78, 5) is 39.7. The van der Waals surface area contributed by atoms with Crippen molar-refractivity contribution in [3.63, 3.8) is 0 Å². The molecule has 4 amide bonds. The number of urea groups is 1. The highest BCUT2D eigenvalue weighted by Gasteiger charge is 2.37. The van der Waals surface area contributed by atoms with Crippen molar-refractivity contribution < 1.29 is 23.9 Å². The zero-order valence-electron chi connectivity index (χ0n) is 21.6. The molecule has 0 saturated carbocycles. The summed E-state index contributed by atoms with van der Waals surface area (Å²) in [5.41, 5.74) is 3.72. The molecule has 1 aliphatic heterocycles. The highest BCUT2D eigenvalue weighted by molar-refractivity contribution is 6.39. The maximum absolute atomic E-state index is 13.4. The fourth-order valence-electron chi connectivity index (χ4n) is 4.06. The van der Waals surface area contributed by atoms with Crippen LogP contribution >= 0.6 is 11.6 Å². The third kappa shape index (κ3) is 6.22. The fourth-order valence-corrected chi connectivity index (χ4v) is 4.19. The van der Waals surface area contributed by atoms with E-state index in [-0.39, 0.29) is 12.2 Å². The summed E-state index contributed by atoms with van der Waals surface area (Å²) >= 11 is 5.95. The van der Waals surface area contributed by atoms with E-state index in [4.69, 9.17) is 21.1 Å². The number of barbiturate groups is 1. The van der Waals surface area contributed by atoms with Crippen LogP contribution in [0, 0.1) is 6.92 Å². The lowest BCUT2D eigenvalue weighted by atomic mass is 10.1. The number of nitrogens with zero attached hydrogens (tertiary/aromatic N) is 1. The Morgan fingerprint density at radius 2 is 1.40 bits per heavy atom. The SMILES string of the molecule is Cc1ccc(COc2ccc(N3C(=O)NC(=O)/C(=C\c4ccccc4OCc4ccc(Cl)cc4)C3=O)cc2)cc1. The smallest absolute Gasteiger partial charge is 0.335 e. The minimum Gasteiger partial charge on any atom is -0.489 e. The van der Waals surface area contributed by atoms with Crippen LogP contribution in [0.2, 0.25) is 5.02 Å². The lowest BCUT2D eigenvalue weighted by Gasteiger charge is -2.26. The number of amides is 4. The first-order valence-electron chi connectivity index (χ1n) is 12.5. The van der Waals surface area contributed by atoms with Crippen LogP contribution in [-0.2, 0) is 22.8 Å². The molecule has 4 aromatic carbocycles. The van der Waals surface area contributed by atoms with Crippen LogP contribution in [0.15, 0.2) is 103 Å². The molecule has 1 aliphatic rings. The molecule has 0 aromatic heterocycles. The predicted molar refractivity (Wildman–Crippen MR) is 153 cm³/mol. The molecule has 0 radical (unpaired) electrons. The molecule has 5 rings (SSSR count). The maximum atomic E-state index is 13.4. The summed E-state index contributed by atoms with van der Waals surface area (Å²) < 4.78 is 11.8. The van der Waals surface area contributed by atoms with Gasteiger partial charge in [-0.05, 0) is 66.6 Å². The number of carbonyl (C=O) groups excluding carboxylic acids is 3. The number of hydrogen-bond donors (Lipinski definition) is 1. The Labute approximate surface area is 236 Å². The van der Waals surface area contributed by atoms with Gasteiger partial charge in [0.1, 0.15) is 30.3 Å². The second-order valence-corrected chi connectivity index (χ2v) is 9.62. The second-order valence-electron chi connectivity index (χ2n) is 9.18.